The van der Waals surface area contributed by atoms with Crippen LogP contribution >= 0.6 is 0 Å². The van der Waals surface area contributed by atoms with Gasteiger partial charge in [0.2, 0.25) is 0 Å². The number of carbonyl (C=O) groups is 1. The summed E-state index contributed by atoms with van der Waals surface area (Å²) in [6.45, 7) is 9.34. The van der Waals surface area contributed by atoms with Gasteiger partial charge in [-0.2, -0.15) is 0 Å². The molecule has 2 amide bonds. The van der Waals surface area contributed by atoms with Crippen LogP contribution in [0.1, 0.15) is 89.7 Å². The number of hydrogen-bond acceptors (Lipinski definition) is 4. The van der Waals surface area contributed by atoms with Crippen molar-refractivity contribution < 1.29 is 14.3 Å². The summed E-state index contributed by atoms with van der Waals surface area (Å²) in [5.74, 6) is 1.73. The number of likely N-dealkylation sites (tertiary alicyclic amines) is 1. The van der Waals surface area contributed by atoms with Gasteiger partial charge in [0.25, 0.3) is 0 Å². The molecule has 3 rings (SSSR count). The summed E-state index contributed by atoms with van der Waals surface area (Å²) in [5, 5.41) is 7.08. The lowest BCUT2D eigenvalue weighted by Crippen LogP contribution is -2.52. The van der Waals surface area contributed by atoms with Gasteiger partial charge in [-0.1, -0.05) is 76.3 Å². The van der Waals surface area contributed by atoms with E-state index in [-0.39, 0.29) is 18.2 Å². The summed E-state index contributed by atoms with van der Waals surface area (Å²) in [5.41, 5.74) is 1.21. The first-order chi connectivity index (χ1) is 18.1. The lowest BCUT2D eigenvalue weighted by Gasteiger charge is -2.38. The van der Waals surface area contributed by atoms with Gasteiger partial charge >= 0.3 is 6.03 Å². The van der Waals surface area contributed by atoms with Crippen molar-refractivity contribution in [2.75, 3.05) is 46.5 Å². The molecule has 2 aliphatic rings. The van der Waals surface area contributed by atoms with Gasteiger partial charge in [-0.05, 0) is 56.0 Å². The number of amides is 2. The van der Waals surface area contributed by atoms with E-state index in [0.29, 0.717) is 25.0 Å². The second kappa shape index (κ2) is 17.1. The minimum absolute atomic E-state index is 0.00407. The van der Waals surface area contributed by atoms with Crippen LogP contribution in [0.5, 0.6) is 0 Å². The van der Waals surface area contributed by atoms with Crippen LogP contribution in [0.25, 0.3) is 0 Å². The number of benzene rings is 1. The van der Waals surface area contributed by atoms with Crippen molar-refractivity contribution in [1.29, 1.82) is 0 Å². The minimum atomic E-state index is 0.00407. The molecule has 0 aromatic heterocycles. The first-order valence-electron chi connectivity index (χ1n) is 15.0. The van der Waals surface area contributed by atoms with E-state index in [2.05, 4.69) is 48.7 Å². The number of nitrogens with one attached hydrogen (secondary N) is 2. The number of urea groups is 1. The quantitative estimate of drug-likeness (QED) is 0.274. The van der Waals surface area contributed by atoms with Crippen LogP contribution in [0.4, 0.5) is 4.79 Å². The van der Waals surface area contributed by atoms with E-state index < -0.39 is 0 Å². The fourth-order valence-corrected chi connectivity index (χ4v) is 5.95. The van der Waals surface area contributed by atoms with Crippen molar-refractivity contribution in [2.45, 2.75) is 90.2 Å². The van der Waals surface area contributed by atoms with E-state index in [1.54, 1.807) is 7.11 Å². The van der Waals surface area contributed by atoms with Crippen LogP contribution in [0.2, 0.25) is 0 Å². The van der Waals surface area contributed by atoms with Crippen molar-refractivity contribution in [3.63, 3.8) is 0 Å². The molecule has 1 saturated heterocycles. The highest BCUT2D eigenvalue weighted by Gasteiger charge is 2.32. The molecule has 2 N–H and O–H groups in total. The minimum Gasteiger partial charge on any atom is -0.385 e. The normalized spacial score (nSPS) is 20.6. The first kappa shape index (κ1) is 29.9. The maximum absolute atomic E-state index is 13.5. The molecule has 1 aromatic carbocycles. The topological polar surface area (TPSA) is 62.8 Å². The third kappa shape index (κ3) is 10.9. The number of ether oxygens (including phenoxy) is 2. The van der Waals surface area contributed by atoms with Crippen LogP contribution in [-0.4, -0.2) is 63.5 Å². The van der Waals surface area contributed by atoms with E-state index in [1.807, 2.05) is 11.0 Å². The zero-order valence-corrected chi connectivity index (χ0v) is 23.8. The molecule has 1 aliphatic heterocycles. The fraction of sp³-hybridized carbons (Fsp3) is 0.774. The molecule has 1 aromatic rings. The van der Waals surface area contributed by atoms with Crippen molar-refractivity contribution in [2.24, 2.45) is 17.8 Å². The van der Waals surface area contributed by atoms with Gasteiger partial charge in [0.1, 0.15) is 0 Å². The summed E-state index contributed by atoms with van der Waals surface area (Å²) < 4.78 is 11.6. The van der Waals surface area contributed by atoms with Crippen LogP contribution < -0.4 is 10.6 Å². The third-order valence-electron chi connectivity index (χ3n) is 8.05. The smallest absolute Gasteiger partial charge is 0.317 e. The molecule has 0 bridgehead atoms. The largest absolute Gasteiger partial charge is 0.385 e. The molecule has 1 aliphatic carbocycles. The zero-order chi connectivity index (χ0) is 26.3. The molecular formula is C31H53N3O3. The average Bonchev–Trinajstić information content (AvgIpc) is 2.92. The van der Waals surface area contributed by atoms with Crippen molar-refractivity contribution >= 4 is 6.03 Å². The Kier molecular flexibility index (Phi) is 13.8. The van der Waals surface area contributed by atoms with Gasteiger partial charge in [0.05, 0.1) is 6.10 Å². The SMILES string of the molecule is COCCCO[C@@H](c1ccccc1)[C@@H]1CCCN(C(=O)NC(CNCCC(C)C)CC2CCCCC2)C1. The molecule has 6 heteroatoms. The lowest BCUT2D eigenvalue weighted by molar-refractivity contribution is -0.0168. The Hall–Kier alpha value is -1.63. The van der Waals surface area contributed by atoms with Gasteiger partial charge < -0.3 is 25.0 Å². The zero-order valence-electron chi connectivity index (χ0n) is 23.8. The molecule has 37 heavy (non-hydrogen) atoms. The highest BCUT2D eigenvalue weighted by molar-refractivity contribution is 5.74. The highest BCUT2D eigenvalue weighted by Crippen LogP contribution is 2.33. The highest BCUT2D eigenvalue weighted by atomic mass is 16.5. The van der Waals surface area contributed by atoms with E-state index in [0.717, 1.165) is 57.8 Å². The maximum Gasteiger partial charge on any atom is 0.317 e. The van der Waals surface area contributed by atoms with Crippen LogP contribution in [0.3, 0.4) is 0 Å². The van der Waals surface area contributed by atoms with Crippen molar-refractivity contribution in [3.8, 4) is 0 Å². The second-order valence-corrected chi connectivity index (χ2v) is 11.7. The standard InChI is InChI=1S/C31H53N3O3/c1-25(2)17-18-32-23-29(22-26-12-6-4-7-13-26)33-31(35)34-19-10-16-28(24-34)30(37-21-11-20-36-3)27-14-8-5-9-15-27/h5,8-9,14-15,25-26,28-30,32H,4,6-7,10-13,16-24H2,1-3H3,(H,33,35)/t28-,29?,30+/m1/s1. The van der Waals surface area contributed by atoms with E-state index in [4.69, 9.17) is 9.47 Å². The summed E-state index contributed by atoms with van der Waals surface area (Å²) in [6.07, 6.45) is 11.9. The van der Waals surface area contributed by atoms with Crippen LogP contribution in [-0.2, 0) is 9.47 Å². The van der Waals surface area contributed by atoms with Gasteiger partial charge in [-0.15, -0.1) is 0 Å². The summed E-state index contributed by atoms with van der Waals surface area (Å²) in [4.78, 5) is 15.6. The molecule has 210 valence electrons. The summed E-state index contributed by atoms with van der Waals surface area (Å²) in [7, 11) is 1.73. The molecule has 1 unspecified atom stereocenters. The number of rotatable bonds is 15. The van der Waals surface area contributed by atoms with E-state index >= 15 is 0 Å². The number of piperidine rings is 1. The Balaban J connectivity index is 1.59. The summed E-state index contributed by atoms with van der Waals surface area (Å²) in [6, 6.07) is 10.8. The number of carbonyl (C=O) groups excluding carboxylic acids is 1. The van der Waals surface area contributed by atoms with Gasteiger partial charge in [0.15, 0.2) is 0 Å². The maximum atomic E-state index is 13.5. The lowest BCUT2D eigenvalue weighted by atomic mass is 9.84. The Bertz CT molecular complexity index is 738. The molecule has 0 spiro atoms. The number of methoxy groups -OCH3 is 1. The Morgan fingerprint density at radius 2 is 1.84 bits per heavy atom. The van der Waals surface area contributed by atoms with Gasteiger partial charge in [-0.25, -0.2) is 4.79 Å². The third-order valence-corrected chi connectivity index (χ3v) is 8.05. The Morgan fingerprint density at radius 1 is 1.05 bits per heavy atom. The van der Waals surface area contributed by atoms with Gasteiger partial charge in [0, 0.05) is 51.9 Å². The molecular weight excluding hydrogens is 462 g/mol. The Morgan fingerprint density at radius 3 is 2.57 bits per heavy atom. The molecule has 0 radical (unpaired) electrons. The first-order valence-corrected chi connectivity index (χ1v) is 15.0. The molecule has 1 heterocycles. The number of hydrogen-bond donors (Lipinski definition) is 2. The molecule has 1 saturated carbocycles. The molecule has 3 atom stereocenters. The van der Waals surface area contributed by atoms with Crippen LogP contribution in [0, 0.1) is 17.8 Å². The Labute approximate surface area is 226 Å². The predicted molar refractivity (Wildman–Crippen MR) is 152 cm³/mol. The predicted octanol–water partition coefficient (Wildman–Crippen LogP) is 6.18. The van der Waals surface area contributed by atoms with E-state index in [1.165, 1.54) is 44.1 Å². The fourth-order valence-electron chi connectivity index (χ4n) is 5.95. The van der Waals surface area contributed by atoms with Crippen molar-refractivity contribution in [3.05, 3.63) is 35.9 Å². The monoisotopic (exact) mass is 515 g/mol. The van der Waals surface area contributed by atoms with Gasteiger partial charge in [-0.3, -0.25) is 0 Å². The molecule has 6 nitrogen and oxygen atoms in total. The average molecular weight is 516 g/mol. The van der Waals surface area contributed by atoms with E-state index in [9.17, 15) is 4.79 Å². The van der Waals surface area contributed by atoms with Crippen molar-refractivity contribution in [1.82, 2.24) is 15.5 Å². The van der Waals surface area contributed by atoms with Crippen LogP contribution in [0.15, 0.2) is 30.3 Å². The summed E-state index contributed by atoms with van der Waals surface area (Å²) >= 11 is 0. The molecule has 2 fully saturated rings. The number of nitrogens with zero attached hydrogens (tertiary/aromatic N) is 1. The second-order valence-electron chi connectivity index (χ2n) is 11.7.